The highest BCUT2D eigenvalue weighted by atomic mass is 19.4. The lowest BCUT2D eigenvalue weighted by molar-refractivity contribution is -0.137. The summed E-state index contributed by atoms with van der Waals surface area (Å²) in [6, 6.07) is 4.88. The Morgan fingerprint density at radius 1 is 1.44 bits per heavy atom. The van der Waals surface area contributed by atoms with E-state index in [1.807, 2.05) is 0 Å². The van der Waals surface area contributed by atoms with Crippen LogP contribution in [0.5, 0.6) is 0 Å². The minimum absolute atomic E-state index is 0.0949. The Hall–Kier alpha value is -2.35. The molecule has 1 heterocycles. The van der Waals surface area contributed by atoms with E-state index in [4.69, 9.17) is 0 Å². The van der Waals surface area contributed by atoms with Gasteiger partial charge in [-0.3, -0.25) is 4.79 Å². The van der Waals surface area contributed by atoms with Gasteiger partial charge in [0, 0.05) is 12.5 Å². The average Bonchev–Trinajstić information content (AvgIpc) is 3.30. The number of halogens is 3. The molecule has 1 fully saturated rings. The normalized spacial score (nSPS) is 15.9. The number of aromatic nitrogens is 2. The zero-order valence-electron chi connectivity index (χ0n) is 13.5. The average molecular weight is 353 g/mol. The second-order valence-electron chi connectivity index (χ2n) is 6.24. The summed E-state index contributed by atoms with van der Waals surface area (Å²) >= 11 is 0. The van der Waals surface area contributed by atoms with E-state index in [-0.39, 0.29) is 24.1 Å². The first-order chi connectivity index (χ1) is 11.8. The summed E-state index contributed by atoms with van der Waals surface area (Å²) in [5.74, 6) is -0.287. The van der Waals surface area contributed by atoms with Crippen LogP contribution in [0.25, 0.3) is 5.69 Å². The number of aliphatic hydroxyl groups is 1. The third-order valence-corrected chi connectivity index (χ3v) is 3.99. The van der Waals surface area contributed by atoms with Crippen LogP contribution in [0.1, 0.15) is 47.3 Å². The van der Waals surface area contributed by atoms with Crippen LogP contribution in [-0.4, -0.2) is 33.4 Å². The molecule has 2 aromatic rings. The van der Waals surface area contributed by atoms with Gasteiger partial charge in [0.25, 0.3) is 5.91 Å². The van der Waals surface area contributed by atoms with Gasteiger partial charge in [-0.05, 0) is 38.0 Å². The van der Waals surface area contributed by atoms with Crippen molar-refractivity contribution in [2.24, 2.45) is 0 Å². The molecule has 134 valence electrons. The highest BCUT2D eigenvalue weighted by molar-refractivity contribution is 5.95. The standard InChI is InChI=1S/C17H18F3N3O2/c1-10(24)8-21-16(25)14-9-22-23(15(14)11-5-6-11)13-4-2-3-12(7-13)17(18,19)20/h2-4,7,9-11,24H,5-6,8H2,1H3,(H,21,25)/t10-/m1/s1. The fourth-order valence-electron chi connectivity index (χ4n) is 2.64. The van der Waals surface area contributed by atoms with E-state index >= 15 is 0 Å². The zero-order valence-corrected chi connectivity index (χ0v) is 13.5. The van der Waals surface area contributed by atoms with Gasteiger partial charge in [-0.2, -0.15) is 18.3 Å². The van der Waals surface area contributed by atoms with Gasteiger partial charge in [0.05, 0.1) is 34.8 Å². The number of benzene rings is 1. The van der Waals surface area contributed by atoms with Crippen LogP contribution in [-0.2, 0) is 6.18 Å². The van der Waals surface area contributed by atoms with Gasteiger partial charge in [0.1, 0.15) is 0 Å². The molecule has 0 radical (unpaired) electrons. The molecule has 1 aromatic heterocycles. The summed E-state index contributed by atoms with van der Waals surface area (Å²) in [6.07, 6.45) is -2.04. The van der Waals surface area contributed by atoms with E-state index in [0.717, 1.165) is 25.0 Å². The number of nitrogens with zero attached hydrogens (tertiary/aromatic N) is 2. The van der Waals surface area contributed by atoms with Gasteiger partial charge in [-0.25, -0.2) is 4.68 Å². The molecule has 3 rings (SSSR count). The molecule has 0 spiro atoms. The van der Waals surface area contributed by atoms with E-state index in [1.165, 1.54) is 23.0 Å². The SMILES string of the molecule is C[C@@H](O)CNC(=O)c1cnn(-c2cccc(C(F)(F)F)c2)c1C1CC1. The van der Waals surface area contributed by atoms with Gasteiger partial charge >= 0.3 is 6.18 Å². The van der Waals surface area contributed by atoms with Crippen molar-refractivity contribution in [2.45, 2.75) is 38.0 Å². The molecule has 1 amide bonds. The van der Waals surface area contributed by atoms with Gasteiger partial charge in [0.2, 0.25) is 0 Å². The molecule has 1 aromatic carbocycles. The Bertz CT molecular complexity index is 780. The zero-order chi connectivity index (χ0) is 18.2. The van der Waals surface area contributed by atoms with Crippen LogP contribution < -0.4 is 5.32 Å². The molecule has 0 saturated heterocycles. The first-order valence-electron chi connectivity index (χ1n) is 7.99. The van der Waals surface area contributed by atoms with E-state index < -0.39 is 17.8 Å². The van der Waals surface area contributed by atoms with Crippen molar-refractivity contribution < 1.29 is 23.1 Å². The molecule has 25 heavy (non-hydrogen) atoms. The number of carbonyl (C=O) groups excluding carboxylic acids is 1. The van der Waals surface area contributed by atoms with Gasteiger partial charge in [-0.15, -0.1) is 0 Å². The lowest BCUT2D eigenvalue weighted by atomic mass is 10.1. The first-order valence-corrected chi connectivity index (χ1v) is 7.99. The lowest BCUT2D eigenvalue weighted by Gasteiger charge is -2.12. The summed E-state index contributed by atoms with van der Waals surface area (Å²) in [5, 5.41) is 16.0. The number of amides is 1. The van der Waals surface area contributed by atoms with E-state index in [0.29, 0.717) is 11.3 Å². The molecular weight excluding hydrogens is 335 g/mol. The summed E-state index contributed by atoms with van der Waals surface area (Å²) in [4.78, 5) is 12.3. The van der Waals surface area contributed by atoms with Gasteiger partial charge < -0.3 is 10.4 Å². The lowest BCUT2D eigenvalue weighted by Crippen LogP contribution is -2.31. The largest absolute Gasteiger partial charge is 0.416 e. The monoisotopic (exact) mass is 353 g/mol. The van der Waals surface area contributed by atoms with Crippen molar-refractivity contribution in [2.75, 3.05) is 6.54 Å². The second kappa shape index (κ2) is 6.51. The Kier molecular flexibility index (Phi) is 4.55. The third-order valence-electron chi connectivity index (χ3n) is 3.99. The van der Waals surface area contributed by atoms with Crippen LogP contribution in [0.2, 0.25) is 0 Å². The number of nitrogens with one attached hydrogen (secondary N) is 1. The molecule has 8 heteroatoms. The maximum absolute atomic E-state index is 12.9. The number of hydrogen-bond donors (Lipinski definition) is 2. The van der Waals surface area contributed by atoms with Crippen LogP contribution in [0.15, 0.2) is 30.5 Å². The molecule has 0 bridgehead atoms. The third kappa shape index (κ3) is 3.84. The fraction of sp³-hybridized carbons (Fsp3) is 0.412. The van der Waals surface area contributed by atoms with Crippen molar-refractivity contribution in [1.29, 1.82) is 0 Å². The Morgan fingerprint density at radius 2 is 2.16 bits per heavy atom. The molecule has 1 aliphatic carbocycles. The summed E-state index contributed by atoms with van der Waals surface area (Å²) in [5.41, 5.74) is 0.455. The molecule has 5 nitrogen and oxygen atoms in total. The molecule has 1 aliphatic rings. The topological polar surface area (TPSA) is 67.2 Å². The molecule has 2 N–H and O–H groups in total. The summed E-state index contributed by atoms with van der Waals surface area (Å²) in [6.45, 7) is 1.64. The quantitative estimate of drug-likeness (QED) is 0.869. The van der Waals surface area contributed by atoms with Crippen LogP contribution in [0.4, 0.5) is 13.2 Å². The van der Waals surface area contributed by atoms with Crippen molar-refractivity contribution >= 4 is 5.91 Å². The maximum Gasteiger partial charge on any atom is 0.416 e. The van der Waals surface area contributed by atoms with Crippen LogP contribution in [0.3, 0.4) is 0 Å². The molecule has 0 aliphatic heterocycles. The Labute approximate surface area is 142 Å². The maximum atomic E-state index is 12.9. The molecule has 1 atom stereocenters. The van der Waals surface area contributed by atoms with Crippen LogP contribution in [0, 0.1) is 0 Å². The van der Waals surface area contributed by atoms with E-state index in [2.05, 4.69) is 10.4 Å². The van der Waals surface area contributed by atoms with Crippen molar-refractivity contribution in [1.82, 2.24) is 15.1 Å². The smallest absolute Gasteiger partial charge is 0.392 e. The minimum Gasteiger partial charge on any atom is -0.392 e. The van der Waals surface area contributed by atoms with E-state index in [1.54, 1.807) is 6.92 Å². The molecule has 1 saturated carbocycles. The second-order valence-corrected chi connectivity index (χ2v) is 6.24. The van der Waals surface area contributed by atoms with Crippen molar-refractivity contribution in [3.05, 3.63) is 47.3 Å². The van der Waals surface area contributed by atoms with Gasteiger partial charge in [0.15, 0.2) is 0 Å². The number of hydrogen-bond acceptors (Lipinski definition) is 3. The van der Waals surface area contributed by atoms with Crippen molar-refractivity contribution in [3.8, 4) is 5.69 Å². The predicted octanol–water partition coefficient (Wildman–Crippen LogP) is 2.88. The predicted molar refractivity (Wildman–Crippen MR) is 84.6 cm³/mol. The van der Waals surface area contributed by atoms with Gasteiger partial charge in [-0.1, -0.05) is 6.07 Å². The highest BCUT2D eigenvalue weighted by Gasteiger charge is 2.34. The summed E-state index contributed by atoms with van der Waals surface area (Å²) in [7, 11) is 0. The van der Waals surface area contributed by atoms with E-state index in [9.17, 15) is 23.1 Å². The minimum atomic E-state index is -4.44. The molecular formula is C17H18F3N3O2. The Balaban J connectivity index is 1.97. The fourth-order valence-corrected chi connectivity index (χ4v) is 2.64. The number of carbonyl (C=O) groups is 1. The number of alkyl halides is 3. The Morgan fingerprint density at radius 3 is 2.76 bits per heavy atom. The van der Waals surface area contributed by atoms with Crippen LogP contribution >= 0.6 is 0 Å². The highest BCUT2D eigenvalue weighted by Crippen LogP contribution is 2.42. The first kappa shape index (κ1) is 17.5. The summed E-state index contributed by atoms with van der Waals surface area (Å²) < 4.78 is 40.2. The van der Waals surface area contributed by atoms with Crippen molar-refractivity contribution in [3.63, 3.8) is 0 Å². The molecule has 0 unspecified atom stereocenters. The number of aliphatic hydroxyl groups excluding tert-OH is 1. The number of rotatable bonds is 5.